The van der Waals surface area contributed by atoms with Gasteiger partial charge in [0.25, 0.3) is 0 Å². The Bertz CT molecular complexity index is 612. The summed E-state index contributed by atoms with van der Waals surface area (Å²) in [7, 11) is 0. The number of hydrogen-bond acceptors (Lipinski definition) is 2. The molecule has 2 aliphatic rings. The van der Waals surface area contributed by atoms with E-state index in [-0.39, 0.29) is 23.3 Å². The molecule has 2 fully saturated rings. The Morgan fingerprint density at radius 2 is 2.00 bits per heavy atom. The Balaban J connectivity index is 1.79. The molecule has 1 aromatic carbocycles. The SMILES string of the molecule is CC1(C)COCCN1C(=O)[C@H]1C[C@@H]1c1ccccc1C(F)(F)F. The van der Waals surface area contributed by atoms with Gasteiger partial charge in [0.05, 0.1) is 24.3 Å². The van der Waals surface area contributed by atoms with Crippen LogP contribution in [0.1, 0.15) is 37.3 Å². The molecule has 0 N–H and O–H groups in total. The number of nitrogens with zero attached hydrogens (tertiary/aromatic N) is 1. The number of alkyl halides is 3. The fraction of sp³-hybridized carbons (Fsp3) is 0.588. The summed E-state index contributed by atoms with van der Waals surface area (Å²) in [5.41, 5.74) is -0.794. The number of amides is 1. The van der Waals surface area contributed by atoms with E-state index in [0.717, 1.165) is 6.07 Å². The molecule has 6 heteroatoms. The van der Waals surface area contributed by atoms with Crippen LogP contribution in [0.15, 0.2) is 24.3 Å². The minimum atomic E-state index is -4.38. The van der Waals surface area contributed by atoms with Crippen LogP contribution >= 0.6 is 0 Å². The average Bonchev–Trinajstić information content (AvgIpc) is 3.25. The third-order valence-corrected chi connectivity index (χ3v) is 4.68. The molecule has 0 radical (unpaired) electrons. The van der Waals surface area contributed by atoms with Crippen molar-refractivity contribution in [3.05, 3.63) is 35.4 Å². The Morgan fingerprint density at radius 1 is 1.30 bits per heavy atom. The van der Waals surface area contributed by atoms with E-state index in [9.17, 15) is 18.0 Å². The second-order valence-corrected chi connectivity index (χ2v) is 6.89. The standard InChI is InChI=1S/C17H20F3NO2/c1-16(2)10-23-8-7-21(16)15(22)13-9-12(13)11-5-3-4-6-14(11)17(18,19)20/h3-6,12-13H,7-10H2,1-2H3/t12-,13+/m1/s1. The molecule has 1 amide bonds. The minimum Gasteiger partial charge on any atom is -0.377 e. The van der Waals surface area contributed by atoms with Gasteiger partial charge in [-0.15, -0.1) is 0 Å². The second kappa shape index (κ2) is 5.51. The molecule has 0 bridgehead atoms. The fourth-order valence-electron chi connectivity index (χ4n) is 3.36. The topological polar surface area (TPSA) is 29.5 Å². The summed E-state index contributed by atoms with van der Waals surface area (Å²) in [6.45, 7) is 5.27. The molecule has 1 aliphatic carbocycles. The van der Waals surface area contributed by atoms with Crippen molar-refractivity contribution in [3.8, 4) is 0 Å². The van der Waals surface area contributed by atoms with Crippen molar-refractivity contribution in [2.24, 2.45) is 5.92 Å². The van der Waals surface area contributed by atoms with Gasteiger partial charge in [-0.3, -0.25) is 4.79 Å². The summed E-state index contributed by atoms with van der Waals surface area (Å²) >= 11 is 0. The first-order valence-corrected chi connectivity index (χ1v) is 7.77. The molecule has 126 valence electrons. The maximum Gasteiger partial charge on any atom is 0.416 e. The van der Waals surface area contributed by atoms with Crippen molar-refractivity contribution in [3.63, 3.8) is 0 Å². The smallest absolute Gasteiger partial charge is 0.377 e. The number of halogens is 3. The molecule has 3 rings (SSSR count). The average molecular weight is 327 g/mol. The van der Waals surface area contributed by atoms with Gasteiger partial charge in [-0.25, -0.2) is 0 Å². The number of rotatable bonds is 2. The highest BCUT2D eigenvalue weighted by Gasteiger charge is 2.51. The Morgan fingerprint density at radius 3 is 2.65 bits per heavy atom. The van der Waals surface area contributed by atoms with E-state index in [1.54, 1.807) is 11.0 Å². The molecule has 0 unspecified atom stereocenters. The predicted octanol–water partition coefficient (Wildman–Crippen LogP) is 3.45. The Kier molecular flexibility index (Phi) is 3.91. The molecule has 0 spiro atoms. The van der Waals surface area contributed by atoms with Gasteiger partial charge in [0.2, 0.25) is 5.91 Å². The van der Waals surface area contributed by atoms with Crippen molar-refractivity contribution < 1.29 is 22.7 Å². The van der Waals surface area contributed by atoms with Gasteiger partial charge in [-0.05, 0) is 37.8 Å². The third-order valence-electron chi connectivity index (χ3n) is 4.68. The van der Waals surface area contributed by atoms with Gasteiger partial charge in [-0.1, -0.05) is 18.2 Å². The molecule has 1 aromatic rings. The summed E-state index contributed by atoms with van der Waals surface area (Å²) in [5, 5.41) is 0. The van der Waals surface area contributed by atoms with Crippen molar-refractivity contribution in [2.75, 3.05) is 19.8 Å². The van der Waals surface area contributed by atoms with Gasteiger partial charge in [-0.2, -0.15) is 13.2 Å². The molecule has 3 nitrogen and oxygen atoms in total. The first kappa shape index (κ1) is 16.3. The zero-order valence-electron chi connectivity index (χ0n) is 13.2. The monoisotopic (exact) mass is 327 g/mol. The lowest BCUT2D eigenvalue weighted by Crippen LogP contribution is -2.56. The summed E-state index contributed by atoms with van der Waals surface area (Å²) in [6.07, 6.45) is -3.90. The molecule has 23 heavy (non-hydrogen) atoms. The molecule has 1 aliphatic heterocycles. The maximum absolute atomic E-state index is 13.1. The molecule has 1 heterocycles. The molecule has 0 aromatic heterocycles. The van der Waals surface area contributed by atoms with Crippen molar-refractivity contribution >= 4 is 5.91 Å². The highest BCUT2D eigenvalue weighted by atomic mass is 19.4. The zero-order valence-corrected chi connectivity index (χ0v) is 13.2. The lowest BCUT2D eigenvalue weighted by atomic mass is 9.99. The van der Waals surface area contributed by atoms with Crippen LogP contribution in [-0.4, -0.2) is 36.1 Å². The highest BCUT2D eigenvalue weighted by molar-refractivity contribution is 5.84. The summed E-state index contributed by atoms with van der Waals surface area (Å²) in [5.74, 6) is -0.741. The lowest BCUT2D eigenvalue weighted by molar-refractivity contribution is -0.148. The van der Waals surface area contributed by atoms with E-state index in [1.165, 1.54) is 12.1 Å². The van der Waals surface area contributed by atoms with E-state index in [2.05, 4.69) is 0 Å². The van der Waals surface area contributed by atoms with Gasteiger partial charge in [0.15, 0.2) is 0 Å². The van der Waals surface area contributed by atoms with Crippen molar-refractivity contribution in [1.82, 2.24) is 4.90 Å². The lowest BCUT2D eigenvalue weighted by Gasteiger charge is -2.42. The van der Waals surface area contributed by atoms with Gasteiger partial charge in [0.1, 0.15) is 0 Å². The summed E-state index contributed by atoms with van der Waals surface area (Å²) in [4.78, 5) is 14.5. The fourth-order valence-corrected chi connectivity index (χ4v) is 3.36. The van der Waals surface area contributed by atoms with E-state index in [1.807, 2.05) is 13.8 Å². The maximum atomic E-state index is 13.1. The van der Waals surface area contributed by atoms with Crippen LogP contribution in [0.2, 0.25) is 0 Å². The van der Waals surface area contributed by atoms with Crippen LogP contribution in [-0.2, 0) is 15.7 Å². The largest absolute Gasteiger partial charge is 0.416 e. The quantitative estimate of drug-likeness (QED) is 0.833. The molecular formula is C17H20F3NO2. The van der Waals surface area contributed by atoms with Crippen LogP contribution in [0.3, 0.4) is 0 Å². The van der Waals surface area contributed by atoms with Crippen LogP contribution in [0.25, 0.3) is 0 Å². The normalized spacial score (nSPS) is 26.9. The number of benzene rings is 1. The van der Waals surface area contributed by atoms with Crippen molar-refractivity contribution in [1.29, 1.82) is 0 Å². The van der Waals surface area contributed by atoms with Crippen LogP contribution in [0.4, 0.5) is 13.2 Å². The Labute approximate surface area is 133 Å². The summed E-state index contributed by atoms with van der Waals surface area (Å²) < 4.78 is 44.8. The van der Waals surface area contributed by atoms with Gasteiger partial charge >= 0.3 is 6.18 Å². The predicted molar refractivity (Wildman–Crippen MR) is 78.9 cm³/mol. The molecular weight excluding hydrogens is 307 g/mol. The minimum absolute atomic E-state index is 0.0553. The van der Waals surface area contributed by atoms with E-state index in [4.69, 9.17) is 4.74 Å². The van der Waals surface area contributed by atoms with E-state index >= 15 is 0 Å². The van der Waals surface area contributed by atoms with Crippen LogP contribution < -0.4 is 0 Å². The van der Waals surface area contributed by atoms with Crippen LogP contribution in [0.5, 0.6) is 0 Å². The number of carbonyl (C=O) groups excluding carboxylic acids is 1. The van der Waals surface area contributed by atoms with Crippen molar-refractivity contribution in [2.45, 2.75) is 37.9 Å². The Hall–Kier alpha value is -1.56. The van der Waals surface area contributed by atoms with E-state index in [0.29, 0.717) is 26.2 Å². The van der Waals surface area contributed by atoms with Crippen LogP contribution in [0, 0.1) is 5.92 Å². The number of hydrogen-bond donors (Lipinski definition) is 0. The zero-order chi connectivity index (χ0) is 16.8. The highest BCUT2D eigenvalue weighted by Crippen LogP contribution is 2.52. The molecule has 2 atom stereocenters. The molecule has 1 saturated heterocycles. The summed E-state index contributed by atoms with van der Waals surface area (Å²) in [6, 6.07) is 5.57. The first-order chi connectivity index (χ1) is 10.7. The number of carbonyl (C=O) groups is 1. The first-order valence-electron chi connectivity index (χ1n) is 7.77. The van der Waals surface area contributed by atoms with E-state index < -0.39 is 17.3 Å². The second-order valence-electron chi connectivity index (χ2n) is 6.89. The number of morpholine rings is 1. The molecule has 1 saturated carbocycles. The van der Waals surface area contributed by atoms with Gasteiger partial charge in [0, 0.05) is 12.5 Å². The van der Waals surface area contributed by atoms with Gasteiger partial charge < -0.3 is 9.64 Å². The third kappa shape index (κ3) is 3.09. The number of ether oxygens (including phenoxy) is 1.